The van der Waals surface area contributed by atoms with Crippen LogP contribution >= 0.6 is 0 Å². The van der Waals surface area contributed by atoms with E-state index in [4.69, 9.17) is 4.74 Å². The van der Waals surface area contributed by atoms with Crippen LogP contribution in [0.1, 0.15) is 10.4 Å². The maximum Gasteiger partial charge on any atom is 0.258 e. The quantitative estimate of drug-likeness (QED) is 0.873. The number of aliphatic hydroxyl groups excluding tert-OH is 1. The summed E-state index contributed by atoms with van der Waals surface area (Å²) in [5.74, 6) is -1.17. The van der Waals surface area contributed by atoms with E-state index in [9.17, 15) is 22.7 Å². The summed E-state index contributed by atoms with van der Waals surface area (Å²) in [5.41, 5.74) is 0.611. The molecule has 0 spiro atoms. The highest BCUT2D eigenvalue weighted by Crippen LogP contribution is 2.28. The Morgan fingerprint density at radius 1 is 1.12 bits per heavy atom. The topological polar surface area (TPSA) is 83.9 Å². The monoisotopic (exact) mass is 379 g/mol. The van der Waals surface area contributed by atoms with E-state index < -0.39 is 39.5 Å². The second-order valence-corrected chi connectivity index (χ2v) is 8.25. The Balaban J connectivity index is 2.03. The molecule has 1 fully saturated rings. The summed E-state index contributed by atoms with van der Waals surface area (Å²) in [6.07, 6.45) is -1.20. The molecule has 6 nitrogen and oxygen atoms in total. The number of sulfone groups is 1. The van der Waals surface area contributed by atoms with Gasteiger partial charge in [0.05, 0.1) is 30.8 Å². The number of anilines is 1. The number of hydrogen-bond acceptors (Lipinski definition) is 5. The lowest BCUT2D eigenvalue weighted by atomic mass is 10.1. The number of amides is 1. The fraction of sp³-hybridized carbons (Fsp3) is 0.278. The molecule has 0 saturated carbocycles. The smallest absolute Gasteiger partial charge is 0.258 e. The normalized spacial score (nSPS) is 21.3. The number of carbonyl (C=O) groups excluding carboxylic acids is 1. The van der Waals surface area contributed by atoms with Crippen molar-refractivity contribution in [1.29, 1.82) is 0 Å². The minimum absolute atomic E-state index is 0.193. The molecule has 2 atom stereocenters. The molecule has 2 unspecified atom stereocenters. The van der Waals surface area contributed by atoms with E-state index in [-0.39, 0.29) is 11.3 Å². The van der Waals surface area contributed by atoms with Gasteiger partial charge in [0, 0.05) is 11.3 Å². The Labute approximate surface area is 150 Å². The fourth-order valence-corrected chi connectivity index (χ4v) is 4.76. The van der Waals surface area contributed by atoms with E-state index >= 15 is 0 Å². The molecule has 2 aromatic carbocycles. The van der Waals surface area contributed by atoms with Gasteiger partial charge in [-0.05, 0) is 48.5 Å². The predicted octanol–water partition coefficient (Wildman–Crippen LogP) is 1.64. The lowest BCUT2D eigenvalue weighted by Crippen LogP contribution is -2.47. The third-order valence-corrected chi connectivity index (χ3v) is 5.98. The minimum atomic E-state index is -3.46. The third kappa shape index (κ3) is 3.71. The Morgan fingerprint density at radius 2 is 1.73 bits per heavy atom. The first-order chi connectivity index (χ1) is 12.3. The molecule has 2 aromatic rings. The second-order valence-electron chi connectivity index (χ2n) is 6.09. The first-order valence-electron chi connectivity index (χ1n) is 7.92. The van der Waals surface area contributed by atoms with Crippen LogP contribution in [0.3, 0.4) is 0 Å². The van der Waals surface area contributed by atoms with Gasteiger partial charge < -0.3 is 14.7 Å². The van der Waals surface area contributed by atoms with E-state index in [1.54, 1.807) is 24.3 Å². The average molecular weight is 379 g/mol. The number of halogens is 1. The number of rotatable bonds is 4. The van der Waals surface area contributed by atoms with Crippen LogP contribution in [0.2, 0.25) is 0 Å². The summed E-state index contributed by atoms with van der Waals surface area (Å²) in [6, 6.07) is 10.5. The van der Waals surface area contributed by atoms with Gasteiger partial charge in [-0.2, -0.15) is 0 Å². The van der Waals surface area contributed by atoms with Gasteiger partial charge in [-0.1, -0.05) is 0 Å². The first-order valence-corrected chi connectivity index (χ1v) is 9.74. The molecule has 26 heavy (non-hydrogen) atoms. The summed E-state index contributed by atoms with van der Waals surface area (Å²) in [6.45, 7) is 0. The molecule has 1 heterocycles. The predicted molar refractivity (Wildman–Crippen MR) is 94.7 cm³/mol. The van der Waals surface area contributed by atoms with Crippen LogP contribution in [0.5, 0.6) is 5.75 Å². The van der Waals surface area contributed by atoms with Crippen molar-refractivity contribution in [3.63, 3.8) is 0 Å². The Morgan fingerprint density at radius 3 is 2.23 bits per heavy atom. The summed E-state index contributed by atoms with van der Waals surface area (Å²) >= 11 is 0. The molecule has 1 saturated heterocycles. The Hall–Kier alpha value is -2.45. The Kier molecular flexibility index (Phi) is 4.97. The van der Waals surface area contributed by atoms with Crippen molar-refractivity contribution in [2.24, 2.45) is 0 Å². The zero-order valence-corrected chi connectivity index (χ0v) is 14.8. The highest BCUT2D eigenvalue weighted by molar-refractivity contribution is 7.91. The van der Waals surface area contributed by atoms with E-state index in [1.807, 2.05) is 0 Å². The second kappa shape index (κ2) is 7.05. The highest BCUT2D eigenvalue weighted by atomic mass is 32.2. The molecular formula is C18H18FNO5S. The van der Waals surface area contributed by atoms with Crippen LogP contribution in [-0.2, 0) is 9.84 Å². The summed E-state index contributed by atoms with van der Waals surface area (Å²) in [4.78, 5) is 14.3. The largest absolute Gasteiger partial charge is 0.497 e. The molecule has 0 bridgehead atoms. The number of carbonyl (C=O) groups is 1. The van der Waals surface area contributed by atoms with E-state index in [0.29, 0.717) is 11.4 Å². The summed E-state index contributed by atoms with van der Waals surface area (Å²) in [7, 11) is -1.96. The van der Waals surface area contributed by atoms with Crippen LogP contribution in [0.4, 0.5) is 10.1 Å². The van der Waals surface area contributed by atoms with Gasteiger partial charge in [-0.15, -0.1) is 0 Å². The van der Waals surface area contributed by atoms with Crippen LogP contribution in [0, 0.1) is 5.82 Å². The molecule has 1 aliphatic heterocycles. The average Bonchev–Trinajstić information content (AvgIpc) is 2.88. The van der Waals surface area contributed by atoms with Gasteiger partial charge in [-0.25, -0.2) is 12.8 Å². The van der Waals surface area contributed by atoms with Gasteiger partial charge in [0.2, 0.25) is 0 Å². The molecule has 1 aliphatic rings. The minimum Gasteiger partial charge on any atom is -0.497 e. The molecule has 1 N–H and O–H groups in total. The third-order valence-electron chi connectivity index (χ3n) is 4.29. The van der Waals surface area contributed by atoms with E-state index in [0.717, 1.165) is 12.1 Å². The van der Waals surface area contributed by atoms with Crippen LogP contribution in [0.25, 0.3) is 0 Å². The highest BCUT2D eigenvalue weighted by Gasteiger charge is 2.42. The van der Waals surface area contributed by atoms with Gasteiger partial charge in [0.25, 0.3) is 5.91 Å². The van der Waals surface area contributed by atoms with Crippen molar-refractivity contribution in [2.75, 3.05) is 23.5 Å². The molecule has 3 rings (SSSR count). The molecule has 1 amide bonds. The van der Waals surface area contributed by atoms with E-state index in [2.05, 4.69) is 0 Å². The zero-order chi connectivity index (χ0) is 18.9. The number of methoxy groups -OCH3 is 1. The maximum absolute atomic E-state index is 13.2. The van der Waals surface area contributed by atoms with Crippen LogP contribution in [0.15, 0.2) is 48.5 Å². The van der Waals surface area contributed by atoms with Crippen molar-refractivity contribution < 1.29 is 27.4 Å². The SMILES string of the molecule is COc1ccc(N(C(=O)c2ccc(F)cc2)C2CS(=O)(=O)CC2O)cc1. The number of aliphatic hydroxyl groups is 1. The van der Waals surface area contributed by atoms with Gasteiger partial charge >= 0.3 is 0 Å². The number of hydrogen-bond donors (Lipinski definition) is 1. The Bertz CT molecular complexity index is 896. The van der Waals surface area contributed by atoms with Gasteiger partial charge in [0.15, 0.2) is 9.84 Å². The molecular weight excluding hydrogens is 361 g/mol. The molecule has 0 aromatic heterocycles. The van der Waals surface area contributed by atoms with Crippen molar-refractivity contribution in [2.45, 2.75) is 12.1 Å². The summed E-state index contributed by atoms with van der Waals surface area (Å²) in [5, 5.41) is 10.2. The maximum atomic E-state index is 13.2. The molecule has 0 aliphatic carbocycles. The van der Waals surface area contributed by atoms with E-state index in [1.165, 1.54) is 24.1 Å². The standard InChI is InChI=1S/C18H18FNO5S/c1-25-15-8-6-14(7-9-15)20(16-10-26(23,24)11-17(16)21)18(22)12-2-4-13(19)5-3-12/h2-9,16-17,21H,10-11H2,1H3. The number of nitrogens with zero attached hydrogens (tertiary/aromatic N) is 1. The lowest BCUT2D eigenvalue weighted by Gasteiger charge is -2.30. The molecule has 8 heteroatoms. The van der Waals surface area contributed by atoms with Crippen molar-refractivity contribution in [3.8, 4) is 5.75 Å². The number of benzene rings is 2. The molecule has 138 valence electrons. The van der Waals surface area contributed by atoms with Crippen molar-refractivity contribution in [3.05, 3.63) is 59.9 Å². The first kappa shape index (κ1) is 18.3. The summed E-state index contributed by atoms with van der Waals surface area (Å²) < 4.78 is 42.1. The van der Waals surface area contributed by atoms with Crippen LogP contribution < -0.4 is 9.64 Å². The lowest BCUT2D eigenvalue weighted by molar-refractivity contribution is 0.0945. The van der Waals surface area contributed by atoms with Gasteiger partial charge in [-0.3, -0.25) is 4.79 Å². The molecule has 0 radical (unpaired) electrons. The number of ether oxygens (including phenoxy) is 1. The van der Waals surface area contributed by atoms with Gasteiger partial charge in [0.1, 0.15) is 11.6 Å². The zero-order valence-electron chi connectivity index (χ0n) is 14.0. The van der Waals surface area contributed by atoms with Crippen molar-refractivity contribution >= 4 is 21.4 Å². The van der Waals surface area contributed by atoms with Crippen molar-refractivity contribution in [1.82, 2.24) is 0 Å². The van der Waals surface area contributed by atoms with Crippen LogP contribution in [-0.4, -0.2) is 50.2 Å². The fourth-order valence-electron chi connectivity index (χ4n) is 2.99.